The van der Waals surface area contributed by atoms with Crippen molar-refractivity contribution in [1.29, 1.82) is 0 Å². The smallest absolute Gasteiger partial charge is 0.338 e. The first-order chi connectivity index (χ1) is 9.04. The van der Waals surface area contributed by atoms with E-state index in [0.717, 1.165) is 0 Å². The van der Waals surface area contributed by atoms with Crippen LogP contribution >= 0.6 is 0 Å². The summed E-state index contributed by atoms with van der Waals surface area (Å²) in [5.41, 5.74) is 1.79. The maximum absolute atomic E-state index is 11.9. The van der Waals surface area contributed by atoms with Gasteiger partial charge in [0.05, 0.1) is 18.6 Å². The second-order valence-corrected chi connectivity index (χ2v) is 4.76. The van der Waals surface area contributed by atoms with Gasteiger partial charge < -0.3 is 9.84 Å². The number of esters is 1. The maximum atomic E-state index is 11.9. The Morgan fingerprint density at radius 3 is 2.63 bits per heavy atom. The average molecular weight is 260 g/mol. The third-order valence-corrected chi connectivity index (χ3v) is 3.39. The SMILES string of the molecule is COC(=O)C1=C[C@H](C)C[C@H](C(=O)O)c2ccccc21. The highest BCUT2D eigenvalue weighted by atomic mass is 16.5. The number of carbonyl (C=O) groups is 2. The zero-order chi connectivity index (χ0) is 14.0. The van der Waals surface area contributed by atoms with E-state index in [9.17, 15) is 14.7 Å². The minimum atomic E-state index is -0.862. The average Bonchev–Trinajstić information content (AvgIpc) is 2.55. The van der Waals surface area contributed by atoms with Crippen molar-refractivity contribution in [3.63, 3.8) is 0 Å². The first-order valence-electron chi connectivity index (χ1n) is 6.16. The lowest BCUT2D eigenvalue weighted by Crippen LogP contribution is -2.14. The highest BCUT2D eigenvalue weighted by Gasteiger charge is 2.30. The molecule has 0 unspecified atom stereocenters. The van der Waals surface area contributed by atoms with Gasteiger partial charge in [-0.05, 0) is 23.5 Å². The summed E-state index contributed by atoms with van der Waals surface area (Å²) in [5, 5.41) is 9.37. The largest absolute Gasteiger partial charge is 0.481 e. The normalized spacial score (nSPS) is 21.9. The predicted molar refractivity (Wildman–Crippen MR) is 70.6 cm³/mol. The topological polar surface area (TPSA) is 63.6 Å². The van der Waals surface area contributed by atoms with Crippen LogP contribution in [0, 0.1) is 5.92 Å². The van der Waals surface area contributed by atoms with E-state index in [1.165, 1.54) is 7.11 Å². The van der Waals surface area contributed by atoms with E-state index in [2.05, 4.69) is 0 Å². The second kappa shape index (κ2) is 5.26. The molecule has 0 aromatic heterocycles. The molecule has 4 nitrogen and oxygen atoms in total. The van der Waals surface area contributed by atoms with Gasteiger partial charge in [0.25, 0.3) is 0 Å². The van der Waals surface area contributed by atoms with Crippen molar-refractivity contribution in [2.75, 3.05) is 7.11 Å². The van der Waals surface area contributed by atoms with Crippen LogP contribution in [0.5, 0.6) is 0 Å². The van der Waals surface area contributed by atoms with Crippen molar-refractivity contribution in [3.05, 3.63) is 41.5 Å². The Bertz CT molecular complexity index is 545. The predicted octanol–water partition coefficient (Wildman–Crippen LogP) is 2.45. The summed E-state index contributed by atoms with van der Waals surface area (Å²) in [5.74, 6) is -1.88. The van der Waals surface area contributed by atoms with Gasteiger partial charge in [-0.1, -0.05) is 37.3 Å². The molecule has 2 rings (SSSR count). The summed E-state index contributed by atoms with van der Waals surface area (Å²) in [6.45, 7) is 1.91. The van der Waals surface area contributed by atoms with Crippen LogP contribution in [0.3, 0.4) is 0 Å². The molecule has 0 fully saturated rings. The van der Waals surface area contributed by atoms with Crippen molar-refractivity contribution >= 4 is 17.5 Å². The number of carbonyl (C=O) groups excluding carboxylic acids is 1. The Morgan fingerprint density at radius 2 is 2.00 bits per heavy atom. The molecule has 1 aromatic rings. The number of methoxy groups -OCH3 is 1. The van der Waals surface area contributed by atoms with Gasteiger partial charge in [0.1, 0.15) is 0 Å². The molecule has 0 amide bonds. The minimum absolute atomic E-state index is 0.00241. The first-order valence-corrected chi connectivity index (χ1v) is 6.16. The fraction of sp³-hybridized carbons (Fsp3) is 0.333. The van der Waals surface area contributed by atoms with Gasteiger partial charge in [0, 0.05) is 0 Å². The minimum Gasteiger partial charge on any atom is -0.481 e. The Kier molecular flexibility index (Phi) is 3.69. The van der Waals surface area contributed by atoms with Gasteiger partial charge in [-0.2, -0.15) is 0 Å². The molecule has 1 aliphatic rings. The number of allylic oxidation sites excluding steroid dienone is 1. The Morgan fingerprint density at radius 1 is 1.32 bits per heavy atom. The third kappa shape index (κ3) is 2.52. The molecular weight excluding hydrogens is 244 g/mol. The number of fused-ring (bicyclic) bond motifs is 1. The molecule has 1 aromatic carbocycles. The van der Waals surface area contributed by atoms with E-state index in [1.807, 2.05) is 6.92 Å². The quantitative estimate of drug-likeness (QED) is 0.829. The van der Waals surface area contributed by atoms with E-state index in [0.29, 0.717) is 23.1 Å². The molecule has 2 atom stereocenters. The van der Waals surface area contributed by atoms with Gasteiger partial charge in [-0.15, -0.1) is 0 Å². The molecule has 1 aliphatic carbocycles. The fourth-order valence-corrected chi connectivity index (χ4v) is 2.51. The van der Waals surface area contributed by atoms with Crippen LogP contribution in [0.15, 0.2) is 30.3 Å². The molecule has 4 heteroatoms. The molecule has 1 N–H and O–H groups in total. The Balaban J connectivity index is 2.60. The van der Waals surface area contributed by atoms with Gasteiger partial charge in [-0.3, -0.25) is 4.79 Å². The van der Waals surface area contributed by atoms with Crippen LogP contribution in [0.2, 0.25) is 0 Å². The zero-order valence-electron chi connectivity index (χ0n) is 10.9. The highest BCUT2D eigenvalue weighted by Crippen LogP contribution is 2.36. The summed E-state index contributed by atoms with van der Waals surface area (Å²) >= 11 is 0. The first kappa shape index (κ1) is 13.3. The number of hydrogen-bond acceptors (Lipinski definition) is 3. The molecule has 0 saturated heterocycles. The van der Waals surface area contributed by atoms with Crippen molar-refractivity contribution < 1.29 is 19.4 Å². The number of carboxylic acid groups (broad SMARTS) is 1. The molecule has 0 saturated carbocycles. The molecule has 0 radical (unpaired) electrons. The lowest BCUT2D eigenvalue weighted by Gasteiger charge is -2.15. The molecule has 0 aliphatic heterocycles. The summed E-state index contributed by atoms with van der Waals surface area (Å²) in [7, 11) is 1.33. The fourth-order valence-electron chi connectivity index (χ4n) is 2.51. The van der Waals surface area contributed by atoms with E-state index in [4.69, 9.17) is 4.74 Å². The van der Waals surface area contributed by atoms with Gasteiger partial charge >= 0.3 is 11.9 Å². The maximum Gasteiger partial charge on any atom is 0.338 e. The summed E-state index contributed by atoms with van der Waals surface area (Å²) < 4.78 is 4.79. The van der Waals surface area contributed by atoms with E-state index < -0.39 is 17.9 Å². The van der Waals surface area contributed by atoms with Gasteiger partial charge in [-0.25, -0.2) is 4.79 Å². The van der Waals surface area contributed by atoms with Gasteiger partial charge in [0.2, 0.25) is 0 Å². The van der Waals surface area contributed by atoms with E-state index >= 15 is 0 Å². The zero-order valence-corrected chi connectivity index (χ0v) is 10.9. The molecule has 0 spiro atoms. The number of aliphatic carboxylic acids is 1. The third-order valence-electron chi connectivity index (χ3n) is 3.39. The van der Waals surface area contributed by atoms with E-state index in [1.54, 1.807) is 30.3 Å². The highest BCUT2D eigenvalue weighted by molar-refractivity contribution is 6.17. The lowest BCUT2D eigenvalue weighted by molar-refractivity contribution is -0.139. The second-order valence-electron chi connectivity index (χ2n) is 4.76. The standard InChI is InChI=1S/C15H16O4/c1-9-7-12(14(16)17)10-5-3-4-6-11(10)13(8-9)15(18)19-2/h3-6,8-9,12H,7H2,1-2H3,(H,16,17)/t9-,12+/m1/s1. The number of carboxylic acids is 1. The van der Waals surface area contributed by atoms with Crippen LogP contribution in [-0.2, 0) is 14.3 Å². The Hall–Kier alpha value is -2.10. The van der Waals surface area contributed by atoms with Crippen molar-refractivity contribution in [2.45, 2.75) is 19.3 Å². The molecule has 100 valence electrons. The monoisotopic (exact) mass is 260 g/mol. The van der Waals surface area contributed by atoms with Crippen LogP contribution in [0.25, 0.3) is 5.57 Å². The van der Waals surface area contributed by atoms with Crippen molar-refractivity contribution in [1.82, 2.24) is 0 Å². The summed E-state index contributed by atoms with van der Waals surface area (Å²) in [4.78, 5) is 23.3. The lowest BCUT2D eigenvalue weighted by atomic mass is 9.89. The van der Waals surface area contributed by atoms with Crippen LogP contribution in [-0.4, -0.2) is 24.2 Å². The van der Waals surface area contributed by atoms with Gasteiger partial charge in [0.15, 0.2) is 0 Å². The van der Waals surface area contributed by atoms with Crippen LogP contribution in [0.1, 0.15) is 30.4 Å². The summed E-state index contributed by atoms with van der Waals surface area (Å²) in [6, 6.07) is 7.12. The number of rotatable bonds is 2. The molecular formula is C15H16O4. The van der Waals surface area contributed by atoms with E-state index in [-0.39, 0.29) is 5.92 Å². The summed E-state index contributed by atoms with van der Waals surface area (Å²) in [6.07, 6.45) is 2.28. The van der Waals surface area contributed by atoms with Crippen LogP contribution in [0.4, 0.5) is 0 Å². The Labute approximate surface area is 111 Å². The van der Waals surface area contributed by atoms with Crippen molar-refractivity contribution in [3.8, 4) is 0 Å². The molecule has 19 heavy (non-hydrogen) atoms. The number of benzene rings is 1. The molecule has 0 bridgehead atoms. The molecule has 0 heterocycles. The number of ether oxygens (including phenoxy) is 1. The van der Waals surface area contributed by atoms with Crippen molar-refractivity contribution in [2.24, 2.45) is 5.92 Å². The van der Waals surface area contributed by atoms with Crippen LogP contribution < -0.4 is 0 Å². The number of hydrogen-bond donors (Lipinski definition) is 1.